The van der Waals surface area contributed by atoms with Crippen LogP contribution in [-0.4, -0.2) is 28.4 Å². The van der Waals surface area contributed by atoms with Crippen LogP contribution in [0.1, 0.15) is 46.1 Å². The number of ether oxygens (including phenoxy) is 2. The molecule has 0 bridgehead atoms. The summed E-state index contributed by atoms with van der Waals surface area (Å²) in [4.78, 5) is 12.6. The molecule has 0 amide bonds. The Balaban J connectivity index is 1.39. The molecule has 4 aromatic rings. The van der Waals surface area contributed by atoms with Crippen LogP contribution in [0.4, 0.5) is 4.79 Å². The van der Waals surface area contributed by atoms with Gasteiger partial charge in [0.25, 0.3) is 0 Å². The summed E-state index contributed by atoms with van der Waals surface area (Å²) in [5.74, 6) is 0. The van der Waals surface area contributed by atoms with Crippen molar-refractivity contribution in [3.05, 3.63) is 121 Å². The molecule has 0 aliphatic carbocycles. The normalized spacial score (nSPS) is 17.1. The minimum absolute atomic E-state index is 0.111. The second-order valence-electron chi connectivity index (χ2n) is 11.9. The lowest BCUT2D eigenvalue weighted by Crippen LogP contribution is -2.60. The fourth-order valence-electron chi connectivity index (χ4n) is 6.23. The lowest BCUT2D eigenvalue weighted by Gasteiger charge is -2.49. The summed E-state index contributed by atoms with van der Waals surface area (Å²) < 4.78 is 11.2. The first-order valence-corrected chi connectivity index (χ1v) is 15.9. The van der Waals surface area contributed by atoms with Gasteiger partial charge in [-0.1, -0.05) is 66.7 Å². The molecule has 1 fully saturated rings. The second kappa shape index (κ2) is 11.8. The van der Waals surface area contributed by atoms with Crippen LogP contribution in [0.5, 0.6) is 0 Å². The Morgan fingerprint density at radius 3 is 1.49 bits per heavy atom. The number of carbonyl (C=O) groups excluding carboxylic acids is 1. The van der Waals surface area contributed by atoms with Gasteiger partial charge in [0.15, 0.2) is 0 Å². The fraction of sp³-hybridized carbons (Fsp3) is 0.286. The van der Waals surface area contributed by atoms with Gasteiger partial charge in [-0.2, -0.15) is 0 Å². The summed E-state index contributed by atoms with van der Waals surface area (Å²) in [6.45, 7) is 7.64. The van der Waals surface area contributed by atoms with E-state index >= 15 is 0 Å². The maximum Gasteiger partial charge on any atom is 0.508 e. The van der Waals surface area contributed by atoms with Gasteiger partial charge in [0.2, 0.25) is 0 Å². The first kappa shape index (κ1) is 29.0. The third kappa shape index (κ3) is 5.94. The number of piperidine rings is 1. The summed E-state index contributed by atoms with van der Waals surface area (Å²) in [6, 6.07) is 40.5. The van der Waals surface area contributed by atoms with Crippen molar-refractivity contribution in [2.75, 3.05) is 0 Å². The van der Waals surface area contributed by atoms with Crippen molar-refractivity contribution in [1.29, 1.82) is 0 Å². The quantitative estimate of drug-likeness (QED) is 0.194. The van der Waals surface area contributed by atoms with Gasteiger partial charge in [0.1, 0.15) is 41.2 Å². The van der Waals surface area contributed by atoms with Gasteiger partial charge in [-0.25, -0.2) is 4.79 Å². The topological polar surface area (TPSA) is 58.7 Å². The van der Waals surface area contributed by atoms with E-state index in [0.717, 1.165) is 10.6 Å². The molecule has 0 spiro atoms. The van der Waals surface area contributed by atoms with E-state index in [1.54, 1.807) is 0 Å². The number of carbonyl (C=O) groups is 1. The smallest absolute Gasteiger partial charge is 0.431 e. The molecule has 5 nitrogen and oxygen atoms in total. The van der Waals surface area contributed by atoms with Crippen molar-refractivity contribution in [2.45, 2.75) is 64.3 Å². The summed E-state index contributed by atoms with van der Waals surface area (Å²) in [5.41, 5.74) is -0.351. The largest absolute Gasteiger partial charge is 0.508 e. The van der Waals surface area contributed by atoms with E-state index in [4.69, 9.17) is 9.47 Å². The Bertz CT molecular complexity index is 1330. The monoisotopic (exact) mass is 567 g/mol. The molecule has 4 aromatic carbocycles. The van der Waals surface area contributed by atoms with Crippen LogP contribution in [0.3, 0.4) is 0 Å². The van der Waals surface area contributed by atoms with E-state index in [1.165, 1.54) is 21.2 Å². The first-order chi connectivity index (χ1) is 19.6. The molecule has 0 atom stereocenters. The van der Waals surface area contributed by atoms with E-state index in [9.17, 15) is 10.0 Å². The van der Waals surface area contributed by atoms with Crippen molar-refractivity contribution in [2.24, 2.45) is 0 Å². The predicted octanol–water partition coefficient (Wildman–Crippen LogP) is 6.33. The van der Waals surface area contributed by atoms with Crippen LogP contribution in [-0.2, 0) is 21.3 Å². The van der Waals surface area contributed by atoms with E-state index in [-0.39, 0.29) is 12.7 Å². The summed E-state index contributed by atoms with van der Waals surface area (Å²) in [7, 11) is -2.18. The Hall–Kier alpha value is -3.50. The molecule has 211 valence electrons. The lowest BCUT2D eigenvalue weighted by molar-refractivity contribution is -0.298. The maximum atomic E-state index is 12.6. The molecule has 0 N–H and O–H groups in total. The van der Waals surface area contributed by atoms with Crippen LogP contribution in [0.15, 0.2) is 115 Å². The van der Waals surface area contributed by atoms with Crippen LogP contribution < -0.4 is 21.2 Å². The third-order valence-corrected chi connectivity index (χ3v) is 12.2. The van der Waals surface area contributed by atoms with Crippen LogP contribution in [0.2, 0.25) is 0 Å². The molecule has 1 radical (unpaired) electrons. The molecule has 0 unspecified atom stereocenters. The van der Waals surface area contributed by atoms with Crippen molar-refractivity contribution in [1.82, 2.24) is 5.06 Å². The number of hydrogen-bond acceptors (Lipinski definition) is 4. The molecular weight excluding hydrogens is 529 g/mol. The number of hydroxylamine groups is 2. The summed E-state index contributed by atoms with van der Waals surface area (Å²) >= 11 is 0. The Morgan fingerprint density at radius 1 is 0.683 bits per heavy atom. The molecule has 1 heterocycles. The molecule has 1 saturated heterocycles. The summed E-state index contributed by atoms with van der Waals surface area (Å²) in [6.07, 6.45) is -0.139. The van der Waals surface area contributed by atoms with Gasteiger partial charge in [-0.3, -0.25) is 0 Å². The van der Waals surface area contributed by atoms with E-state index in [2.05, 4.69) is 103 Å². The van der Waals surface area contributed by atoms with Gasteiger partial charge < -0.3 is 9.47 Å². The SMILES string of the molecule is CC1(C)CC(OC(=O)OCc2ccc([P+](c3ccccc3)(c3ccccc3)c3ccccc3)cc2)CC(C)(C)N1[O]. The molecule has 6 heteroatoms. The van der Waals surface area contributed by atoms with Crippen molar-refractivity contribution in [3.8, 4) is 0 Å². The number of benzene rings is 4. The fourth-order valence-corrected chi connectivity index (χ4v) is 10.5. The Kier molecular flexibility index (Phi) is 8.33. The van der Waals surface area contributed by atoms with Gasteiger partial charge in [-0.15, -0.1) is 10.3 Å². The highest BCUT2D eigenvalue weighted by Gasteiger charge is 2.48. The predicted molar refractivity (Wildman–Crippen MR) is 166 cm³/mol. The Morgan fingerprint density at radius 2 is 1.07 bits per heavy atom. The highest BCUT2D eigenvalue weighted by Crippen LogP contribution is 2.54. The highest BCUT2D eigenvalue weighted by molar-refractivity contribution is 8.01. The average Bonchev–Trinajstić information content (AvgIpc) is 2.97. The highest BCUT2D eigenvalue weighted by atomic mass is 31.2. The standard InChI is InChI=1S/C35H38NO4P/c1-34(2)24-28(25-35(3,4)36(34)38)40-33(37)39-26-27-20-22-32(23-21-27)41(29-14-8-5-9-15-29,30-16-10-6-11-17-30)31-18-12-7-13-19-31/h5-23,28H,24-26H2,1-4H3/q+1. The molecule has 0 aromatic heterocycles. The van der Waals surface area contributed by atoms with Gasteiger partial charge >= 0.3 is 6.16 Å². The van der Waals surface area contributed by atoms with Crippen molar-refractivity contribution < 1.29 is 19.5 Å². The minimum Gasteiger partial charge on any atom is -0.431 e. The number of rotatable bonds is 7. The van der Waals surface area contributed by atoms with Crippen molar-refractivity contribution in [3.63, 3.8) is 0 Å². The molecule has 0 saturated carbocycles. The maximum absolute atomic E-state index is 12.6. The molecule has 1 aliphatic heterocycles. The van der Waals surface area contributed by atoms with Gasteiger partial charge in [0.05, 0.1) is 0 Å². The molecular formula is C35H38NO4P+. The van der Waals surface area contributed by atoms with E-state index in [0.29, 0.717) is 12.8 Å². The minimum atomic E-state index is -2.18. The zero-order valence-corrected chi connectivity index (χ0v) is 25.1. The third-order valence-electron chi connectivity index (χ3n) is 7.93. The van der Waals surface area contributed by atoms with Gasteiger partial charge in [0, 0.05) is 23.9 Å². The molecule has 5 rings (SSSR count). The zero-order valence-electron chi connectivity index (χ0n) is 24.2. The van der Waals surface area contributed by atoms with Crippen LogP contribution in [0, 0.1) is 0 Å². The van der Waals surface area contributed by atoms with Crippen molar-refractivity contribution >= 4 is 34.6 Å². The number of hydrogen-bond donors (Lipinski definition) is 0. The average molecular weight is 568 g/mol. The first-order valence-electron chi connectivity index (χ1n) is 14.1. The Labute approximate surface area is 244 Å². The van der Waals surface area contributed by atoms with Gasteiger partial charge in [-0.05, 0) is 81.8 Å². The lowest BCUT2D eigenvalue weighted by atomic mass is 9.80. The summed E-state index contributed by atoms with van der Waals surface area (Å²) in [5, 5.41) is 18.8. The molecule has 1 aliphatic rings. The van der Waals surface area contributed by atoms with E-state index in [1.807, 2.05) is 39.8 Å². The van der Waals surface area contributed by atoms with Crippen LogP contribution >= 0.6 is 7.26 Å². The number of nitrogens with zero attached hydrogens (tertiary/aromatic N) is 1. The van der Waals surface area contributed by atoms with Crippen LogP contribution in [0.25, 0.3) is 0 Å². The van der Waals surface area contributed by atoms with E-state index < -0.39 is 24.5 Å². The second-order valence-corrected chi connectivity index (χ2v) is 15.4. The molecule has 41 heavy (non-hydrogen) atoms. The zero-order chi connectivity index (χ0) is 29.1.